The molecule has 1 aliphatic carbocycles. The zero-order chi connectivity index (χ0) is 13.9. The third-order valence-electron chi connectivity index (χ3n) is 4.18. The van der Waals surface area contributed by atoms with E-state index < -0.39 is 11.5 Å². The Kier molecular flexibility index (Phi) is 4.10. The first-order valence-corrected chi connectivity index (χ1v) is 6.65. The maximum Gasteiger partial charge on any atom is 0.305 e. The highest BCUT2D eigenvalue weighted by Gasteiger charge is 2.43. The summed E-state index contributed by atoms with van der Waals surface area (Å²) < 4.78 is 10.7. The molecule has 1 saturated carbocycles. The molecule has 1 aliphatic heterocycles. The number of carbonyl (C=O) groups is 2. The summed E-state index contributed by atoms with van der Waals surface area (Å²) in [4.78, 5) is 23.0. The average Bonchev–Trinajstić information content (AvgIpc) is 2.70. The van der Waals surface area contributed by atoms with Crippen molar-refractivity contribution in [2.45, 2.75) is 49.7 Å². The second-order valence-electron chi connectivity index (χ2n) is 5.62. The van der Waals surface area contributed by atoms with Crippen LogP contribution in [0, 0.1) is 0 Å². The highest BCUT2D eigenvalue weighted by atomic mass is 16.5. The quantitative estimate of drug-likeness (QED) is 0.742. The molecule has 0 aromatic carbocycles. The molecule has 1 atom stereocenters. The molecular weight excluding hydrogens is 250 g/mol. The number of hydrogen-bond donors (Lipinski definition) is 2. The van der Waals surface area contributed by atoms with Crippen molar-refractivity contribution in [2.75, 3.05) is 20.3 Å². The van der Waals surface area contributed by atoms with E-state index in [-0.39, 0.29) is 24.5 Å². The van der Waals surface area contributed by atoms with Gasteiger partial charge in [-0.2, -0.15) is 0 Å². The smallest absolute Gasteiger partial charge is 0.305 e. The van der Waals surface area contributed by atoms with Crippen molar-refractivity contribution < 1.29 is 24.2 Å². The van der Waals surface area contributed by atoms with Crippen molar-refractivity contribution in [1.29, 1.82) is 0 Å². The van der Waals surface area contributed by atoms with Gasteiger partial charge in [-0.25, -0.2) is 0 Å². The number of amides is 1. The minimum atomic E-state index is -0.920. The molecule has 0 aromatic heterocycles. The predicted octanol–water partition coefficient (Wildman–Crippen LogP) is 0.696. The Hall–Kier alpha value is -1.14. The second kappa shape index (κ2) is 5.46. The van der Waals surface area contributed by atoms with E-state index in [0.29, 0.717) is 19.4 Å². The van der Waals surface area contributed by atoms with Gasteiger partial charge in [0.05, 0.1) is 30.6 Å². The summed E-state index contributed by atoms with van der Waals surface area (Å²) in [5.41, 5.74) is -1.09. The summed E-state index contributed by atoms with van der Waals surface area (Å²) in [5.74, 6) is -1.07. The van der Waals surface area contributed by atoms with Crippen molar-refractivity contribution >= 4 is 11.9 Å². The van der Waals surface area contributed by atoms with E-state index in [9.17, 15) is 9.59 Å². The molecule has 2 aliphatic rings. The Balaban J connectivity index is 1.93. The number of hydrogen-bond acceptors (Lipinski definition) is 4. The van der Waals surface area contributed by atoms with E-state index in [0.717, 1.165) is 19.3 Å². The lowest BCUT2D eigenvalue weighted by molar-refractivity contribution is -0.140. The molecule has 1 heterocycles. The predicted molar refractivity (Wildman–Crippen MR) is 66.8 cm³/mol. The molecule has 0 bridgehead atoms. The number of methoxy groups -OCH3 is 1. The lowest BCUT2D eigenvalue weighted by Gasteiger charge is -2.40. The molecule has 6 nitrogen and oxygen atoms in total. The average molecular weight is 271 g/mol. The minimum absolute atomic E-state index is 0.0985. The van der Waals surface area contributed by atoms with E-state index in [1.807, 2.05) is 0 Å². The molecule has 2 fully saturated rings. The number of carboxylic acids is 1. The Bertz CT molecular complexity index is 353. The van der Waals surface area contributed by atoms with Crippen LogP contribution in [0.3, 0.4) is 0 Å². The van der Waals surface area contributed by atoms with Crippen LogP contribution in [0.4, 0.5) is 0 Å². The van der Waals surface area contributed by atoms with Crippen molar-refractivity contribution in [1.82, 2.24) is 5.32 Å². The maximum atomic E-state index is 12.1. The Labute approximate surface area is 112 Å². The molecule has 1 amide bonds. The van der Waals surface area contributed by atoms with Gasteiger partial charge in [0.2, 0.25) is 5.91 Å². The summed E-state index contributed by atoms with van der Waals surface area (Å²) in [7, 11) is 1.62. The molecule has 108 valence electrons. The Morgan fingerprint density at radius 3 is 2.47 bits per heavy atom. The van der Waals surface area contributed by atoms with Crippen LogP contribution in [-0.2, 0) is 19.1 Å². The third-order valence-corrected chi connectivity index (χ3v) is 4.18. The molecular formula is C13H21NO5. The fourth-order valence-corrected chi connectivity index (χ4v) is 2.84. The van der Waals surface area contributed by atoms with Gasteiger partial charge in [-0.05, 0) is 25.7 Å². The van der Waals surface area contributed by atoms with Crippen LogP contribution >= 0.6 is 0 Å². The van der Waals surface area contributed by atoms with E-state index >= 15 is 0 Å². The van der Waals surface area contributed by atoms with Gasteiger partial charge in [0.15, 0.2) is 0 Å². The second-order valence-corrected chi connectivity index (χ2v) is 5.62. The fraction of sp³-hybridized carbons (Fsp3) is 0.846. The largest absolute Gasteiger partial charge is 0.481 e. The lowest BCUT2D eigenvalue weighted by Crippen LogP contribution is -2.53. The number of aliphatic carboxylic acids is 1. The van der Waals surface area contributed by atoms with Crippen LogP contribution in [-0.4, -0.2) is 48.4 Å². The van der Waals surface area contributed by atoms with Gasteiger partial charge < -0.3 is 19.9 Å². The van der Waals surface area contributed by atoms with Crippen molar-refractivity contribution in [2.24, 2.45) is 0 Å². The van der Waals surface area contributed by atoms with Crippen LogP contribution in [0.2, 0.25) is 0 Å². The lowest BCUT2D eigenvalue weighted by atomic mass is 9.77. The minimum Gasteiger partial charge on any atom is -0.481 e. The summed E-state index contributed by atoms with van der Waals surface area (Å²) in [6.07, 6.45) is 3.60. The van der Waals surface area contributed by atoms with Gasteiger partial charge in [-0.15, -0.1) is 0 Å². The number of ether oxygens (including phenoxy) is 2. The van der Waals surface area contributed by atoms with E-state index in [1.54, 1.807) is 7.11 Å². The Morgan fingerprint density at radius 1 is 1.32 bits per heavy atom. The first kappa shape index (κ1) is 14.3. The molecule has 2 N–H and O–H groups in total. The van der Waals surface area contributed by atoms with Gasteiger partial charge in [0, 0.05) is 13.7 Å². The van der Waals surface area contributed by atoms with Crippen LogP contribution < -0.4 is 5.32 Å². The van der Waals surface area contributed by atoms with Gasteiger partial charge in [0.25, 0.3) is 0 Å². The van der Waals surface area contributed by atoms with Crippen LogP contribution in [0.15, 0.2) is 0 Å². The zero-order valence-electron chi connectivity index (χ0n) is 11.2. The van der Waals surface area contributed by atoms with Gasteiger partial charge in [-0.1, -0.05) is 0 Å². The normalized spacial score (nSPS) is 28.7. The van der Waals surface area contributed by atoms with E-state index in [1.165, 1.54) is 0 Å². The summed E-state index contributed by atoms with van der Waals surface area (Å²) in [6.45, 7) is 0.758. The third kappa shape index (κ3) is 3.25. The standard InChI is InChI=1S/C13H21NO5/c1-18-13(3-2-4-13)7-10(15)14-12(8-11(16)17)5-6-19-9-12/h2-9H2,1H3,(H,14,15)(H,16,17). The first-order chi connectivity index (χ1) is 8.99. The molecule has 1 saturated heterocycles. The highest BCUT2D eigenvalue weighted by Crippen LogP contribution is 2.38. The number of carboxylic acid groups (broad SMARTS) is 1. The van der Waals surface area contributed by atoms with E-state index in [2.05, 4.69) is 5.32 Å². The highest BCUT2D eigenvalue weighted by molar-refractivity contribution is 5.79. The summed E-state index contributed by atoms with van der Waals surface area (Å²) in [6, 6.07) is 0. The first-order valence-electron chi connectivity index (χ1n) is 6.65. The molecule has 0 radical (unpaired) electrons. The molecule has 1 unspecified atom stereocenters. The molecule has 6 heteroatoms. The van der Waals surface area contributed by atoms with Gasteiger partial charge >= 0.3 is 5.97 Å². The van der Waals surface area contributed by atoms with Crippen LogP contribution in [0.25, 0.3) is 0 Å². The molecule has 2 rings (SSSR count). The molecule has 19 heavy (non-hydrogen) atoms. The monoisotopic (exact) mass is 271 g/mol. The Morgan fingerprint density at radius 2 is 2.05 bits per heavy atom. The van der Waals surface area contributed by atoms with Crippen molar-refractivity contribution in [3.05, 3.63) is 0 Å². The van der Waals surface area contributed by atoms with Crippen LogP contribution in [0.5, 0.6) is 0 Å². The number of carbonyl (C=O) groups excluding carboxylic acids is 1. The van der Waals surface area contributed by atoms with Gasteiger partial charge in [0.1, 0.15) is 0 Å². The molecule has 0 spiro atoms. The number of rotatable bonds is 6. The summed E-state index contributed by atoms with van der Waals surface area (Å²) in [5, 5.41) is 11.8. The number of nitrogens with one attached hydrogen (secondary N) is 1. The van der Waals surface area contributed by atoms with E-state index in [4.69, 9.17) is 14.6 Å². The zero-order valence-corrected chi connectivity index (χ0v) is 11.2. The van der Waals surface area contributed by atoms with Gasteiger partial charge in [-0.3, -0.25) is 9.59 Å². The topological polar surface area (TPSA) is 84.9 Å². The SMILES string of the molecule is COC1(CC(=O)NC2(CC(=O)O)CCOC2)CCC1. The maximum absolute atomic E-state index is 12.1. The molecule has 0 aromatic rings. The van der Waals surface area contributed by atoms with Crippen molar-refractivity contribution in [3.63, 3.8) is 0 Å². The van der Waals surface area contributed by atoms with Crippen LogP contribution in [0.1, 0.15) is 38.5 Å². The summed E-state index contributed by atoms with van der Waals surface area (Å²) >= 11 is 0. The van der Waals surface area contributed by atoms with Crippen molar-refractivity contribution in [3.8, 4) is 0 Å². The fourth-order valence-electron chi connectivity index (χ4n) is 2.84.